The molecule has 0 N–H and O–H groups in total. The topological polar surface area (TPSA) is 0 Å². The van der Waals surface area contributed by atoms with Gasteiger partial charge in [0.25, 0.3) is 0 Å². The Labute approximate surface area is 192 Å². The summed E-state index contributed by atoms with van der Waals surface area (Å²) < 4.78 is 0. The standard InChI is InChI=1S/C30H58/c1-25(2)15-11-19-29(7)23-13-21-27(5)17-9-10-18-28(6)22-14-24-30(8)20-12-16-26(3)4/h15,23,26-28,30H,9-14,16-22,24H2,1-8H3/b29-23+. The Bertz CT molecular complexity index is 435. The fraction of sp³-hybridized carbons (Fsp3) is 0.867. The number of allylic oxidation sites excluding steroid dienone is 4. The Balaban J connectivity index is 3.65. The first-order valence-corrected chi connectivity index (χ1v) is 13.5. The van der Waals surface area contributed by atoms with E-state index in [1.807, 2.05) is 0 Å². The van der Waals surface area contributed by atoms with Gasteiger partial charge in [0.2, 0.25) is 0 Å². The predicted molar refractivity (Wildman–Crippen MR) is 140 cm³/mol. The van der Waals surface area contributed by atoms with Gasteiger partial charge in [-0.15, -0.1) is 0 Å². The lowest BCUT2D eigenvalue weighted by Gasteiger charge is -2.15. The van der Waals surface area contributed by atoms with Crippen LogP contribution in [0.5, 0.6) is 0 Å². The van der Waals surface area contributed by atoms with E-state index in [-0.39, 0.29) is 0 Å². The fourth-order valence-corrected chi connectivity index (χ4v) is 4.41. The SMILES string of the molecule is CC(C)=CCC/C(C)=C/CCC(C)CCCCC(C)CCCC(C)CCCC(C)C. The monoisotopic (exact) mass is 418 g/mol. The molecule has 30 heavy (non-hydrogen) atoms. The molecule has 0 radical (unpaired) electrons. The largest absolute Gasteiger partial charge is 0.0856 e. The van der Waals surface area contributed by atoms with E-state index < -0.39 is 0 Å². The molecule has 0 fully saturated rings. The van der Waals surface area contributed by atoms with Crippen molar-refractivity contribution in [2.75, 3.05) is 0 Å². The summed E-state index contributed by atoms with van der Waals surface area (Å²) in [5, 5.41) is 0. The lowest BCUT2D eigenvalue weighted by Crippen LogP contribution is -2.00. The van der Waals surface area contributed by atoms with Crippen LogP contribution in [-0.2, 0) is 0 Å². The number of hydrogen-bond donors (Lipinski definition) is 0. The van der Waals surface area contributed by atoms with E-state index in [1.165, 1.54) is 95.5 Å². The fourth-order valence-electron chi connectivity index (χ4n) is 4.41. The zero-order valence-corrected chi connectivity index (χ0v) is 22.4. The summed E-state index contributed by atoms with van der Waals surface area (Å²) >= 11 is 0. The molecule has 0 spiro atoms. The molecular weight excluding hydrogens is 360 g/mol. The van der Waals surface area contributed by atoms with Gasteiger partial charge in [0.15, 0.2) is 0 Å². The lowest BCUT2D eigenvalue weighted by molar-refractivity contribution is 0.379. The van der Waals surface area contributed by atoms with E-state index in [0.717, 1.165) is 23.7 Å². The van der Waals surface area contributed by atoms with Gasteiger partial charge in [-0.05, 0) is 70.1 Å². The highest BCUT2D eigenvalue weighted by atomic mass is 14.1. The molecule has 0 saturated carbocycles. The molecule has 0 heterocycles. The predicted octanol–water partition coefficient (Wildman–Crippen LogP) is 10.9. The van der Waals surface area contributed by atoms with Crippen LogP contribution in [0, 0.1) is 23.7 Å². The first kappa shape index (κ1) is 29.5. The summed E-state index contributed by atoms with van der Waals surface area (Å²) in [7, 11) is 0. The van der Waals surface area contributed by atoms with Crippen molar-refractivity contribution >= 4 is 0 Å². The second kappa shape index (κ2) is 19.2. The van der Waals surface area contributed by atoms with Gasteiger partial charge in [-0.1, -0.05) is 122 Å². The highest BCUT2D eigenvalue weighted by Gasteiger charge is 2.07. The molecule has 0 aliphatic rings. The van der Waals surface area contributed by atoms with Crippen LogP contribution in [0.3, 0.4) is 0 Å². The molecule has 0 aromatic carbocycles. The van der Waals surface area contributed by atoms with E-state index >= 15 is 0 Å². The van der Waals surface area contributed by atoms with Crippen molar-refractivity contribution < 1.29 is 0 Å². The highest BCUT2D eigenvalue weighted by molar-refractivity contribution is 5.02. The summed E-state index contributed by atoms with van der Waals surface area (Å²) in [6, 6.07) is 0. The molecule has 0 rings (SSSR count). The van der Waals surface area contributed by atoms with E-state index in [1.54, 1.807) is 5.57 Å². The van der Waals surface area contributed by atoms with Crippen molar-refractivity contribution in [3.05, 3.63) is 23.3 Å². The van der Waals surface area contributed by atoms with Crippen molar-refractivity contribution in [2.24, 2.45) is 23.7 Å². The van der Waals surface area contributed by atoms with E-state index in [4.69, 9.17) is 0 Å². The highest BCUT2D eigenvalue weighted by Crippen LogP contribution is 2.23. The van der Waals surface area contributed by atoms with Gasteiger partial charge in [0.1, 0.15) is 0 Å². The summed E-state index contributed by atoms with van der Waals surface area (Å²) in [6.07, 6.45) is 24.3. The average molecular weight is 419 g/mol. The van der Waals surface area contributed by atoms with Gasteiger partial charge in [-0.3, -0.25) is 0 Å². The van der Waals surface area contributed by atoms with Crippen LogP contribution in [-0.4, -0.2) is 0 Å². The van der Waals surface area contributed by atoms with E-state index in [0.29, 0.717) is 0 Å². The summed E-state index contributed by atoms with van der Waals surface area (Å²) in [4.78, 5) is 0. The maximum Gasteiger partial charge on any atom is -0.0288 e. The number of rotatable bonds is 19. The second-order valence-electron chi connectivity index (χ2n) is 11.3. The van der Waals surface area contributed by atoms with Crippen molar-refractivity contribution in [1.82, 2.24) is 0 Å². The molecule has 0 aromatic rings. The van der Waals surface area contributed by atoms with Crippen LogP contribution in [0.4, 0.5) is 0 Å². The second-order valence-corrected chi connectivity index (χ2v) is 11.3. The van der Waals surface area contributed by atoms with E-state index in [9.17, 15) is 0 Å². The van der Waals surface area contributed by atoms with Crippen LogP contribution < -0.4 is 0 Å². The normalized spacial score (nSPS) is 15.3. The third-order valence-electron chi connectivity index (χ3n) is 6.76. The minimum Gasteiger partial charge on any atom is -0.0856 e. The molecule has 0 aliphatic carbocycles. The van der Waals surface area contributed by atoms with Crippen LogP contribution in [0.25, 0.3) is 0 Å². The van der Waals surface area contributed by atoms with Gasteiger partial charge in [-0.2, -0.15) is 0 Å². The first-order valence-electron chi connectivity index (χ1n) is 13.5. The van der Waals surface area contributed by atoms with Crippen LogP contribution in [0.15, 0.2) is 23.3 Å². The van der Waals surface area contributed by atoms with Gasteiger partial charge in [0.05, 0.1) is 0 Å². The van der Waals surface area contributed by atoms with E-state index in [2.05, 4.69) is 67.5 Å². The van der Waals surface area contributed by atoms with Crippen LogP contribution in [0.1, 0.15) is 145 Å². The Hall–Kier alpha value is -0.520. The third kappa shape index (κ3) is 20.7. The molecule has 0 aromatic heterocycles. The molecule has 3 unspecified atom stereocenters. The minimum atomic E-state index is 0.873. The molecule has 0 heteroatoms. The summed E-state index contributed by atoms with van der Waals surface area (Å²) in [6.45, 7) is 18.8. The average Bonchev–Trinajstić information content (AvgIpc) is 2.64. The number of unbranched alkanes of at least 4 members (excludes halogenated alkanes) is 1. The molecule has 0 saturated heterocycles. The van der Waals surface area contributed by atoms with Crippen LogP contribution >= 0.6 is 0 Å². The van der Waals surface area contributed by atoms with Gasteiger partial charge >= 0.3 is 0 Å². The van der Waals surface area contributed by atoms with Crippen molar-refractivity contribution in [1.29, 1.82) is 0 Å². The van der Waals surface area contributed by atoms with Crippen molar-refractivity contribution in [3.63, 3.8) is 0 Å². The molecule has 0 bridgehead atoms. The van der Waals surface area contributed by atoms with Gasteiger partial charge < -0.3 is 0 Å². The Morgan fingerprint density at radius 1 is 0.533 bits per heavy atom. The summed E-state index contributed by atoms with van der Waals surface area (Å²) in [5.41, 5.74) is 3.01. The third-order valence-corrected chi connectivity index (χ3v) is 6.76. The number of hydrogen-bond acceptors (Lipinski definition) is 0. The molecule has 0 aliphatic heterocycles. The molecule has 3 atom stereocenters. The van der Waals surface area contributed by atoms with Gasteiger partial charge in [0, 0.05) is 0 Å². The molecular formula is C30H58. The maximum absolute atomic E-state index is 2.49. The molecule has 178 valence electrons. The summed E-state index contributed by atoms with van der Waals surface area (Å²) in [5.74, 6) is 3.61. The van der Waals surface area contributed by atoms with Gasteiger partial charge in [-0.25, -0.2) is 0 Å². The Morgan fingerprint density at radius 3 is 1.50 bits per heavy atom. The van der Waals surface area contributed by atoms with Crippen LogP contribution in [0.2, 0.25) is 0 Å². The maximum atomic E-state index is 2.49. The zero-order valence-electron chi connectivity index (χ0n) is 22.4. The smallest absolute Gasteiger partial charge is 0.0288 e. The minimum absolute atomic E-state index is 0.873. The quantitative estimate of drug-likeness (QED) is 0.144. The lowest BCUT2D eigenvalue weighted by atomic mass is 9.91. The van der Waals surface area contributed by atoms with Crippen molar-refractivity contribution in [2.45, 2.75) is 145 Å². The Morgan fingerprint density at radius 2 is 1.00 bits per heavy atom. The molecule has 0 amide bonds. The first-order chi connectivity index (χ1) is 14.2. The van der Waals surface area contributed by atoms with Crippen molar-refractivity contribution in [3.8, 4) is 0 Å². The Kier molecular flexibility index (Phi) is 18.9. The zero-order chi connectivity index (χ0) is 22.8. The molecule has 0 nitrogen and oxygen atoms in total.